The lowest BCUT2D eigenvalue weighted by Gasteiger charge is -2.31. The zero-order valence-corrected chi connectivity index (χ0v) is 17.4. The molecule has 146 valence electrons. The Morgan fingerprint density at radius 2 is 2.04 bits per heavy atom. The number of benzene rings is 1. The second-order valence-corrected chi connectivity index (χ2v) is 10.1. The number of piperidine rings is 1. The van der Waals surface area contributed by atoms with Crippen LogP contribution in [0.2, 0.25) is 0 Å². The number of sulfonamides is 1. The van der Waals surface area contributed by atoms with Crippen LogP contribution >= 0.6 is 11.3 Å². The predicted molar refractivity (Wildman–Crippen MR) is 108 cm³/mol. The van der Waals surface area contributed by atoms with Crippen molar-refractivity contribution < 1.29 is 13.2 Å². The zero-order valence-electron chi connectivity index (χ0n) is 15.7. The number of aryl methyl sites for hydroxylation is 1. The highest BCUT2D eigenvalue weighted by molar-refractivity contribution is 7.91. The summed E-state index contributed by atoms with van der Waals surface area (Å²) in [6, 6.07) is 11.5. The van der Waals surface area contributed by atoms with Gasteiger partial charge in [0.25, 0.3) is 10.0 Å². The fourth-order valence-electron chi connectivity index (χ4n) is 3.42. The minimum absolute atomic E-state index is 0.0534. The van der Waals surface area contributed by atoms with E-state index in [0.29, 0.717) is 23.6 Å². The van der Waals surface area contributed by atoms with Crippen LogP contribution in [0.3, 0.4) is 0 Å². The molecule has 2 unspecified atom stereocenters. The highest BCUT2D eigenvalue weighted by atomic mass is 32.2. The van der Waals surface area contributed by atoms with Crippen molar-refractivity contribution in [1.82, 2.24) is 9.62 Å². The molecule has 0 spiro atoms. The van der Waals surface area contributed by atoms with Crippen LogP contribution in [-0.4, -0.2) is 31.7 Å². The van der Waals surface area contributed by atoms with Crippen molar-refractivity contribution in [1.29, 1.82) is 0 Å². The molecule has 1 aromatic heterocycles. The molecule has 27 heavy (non-hydrogen) atoms. The number of rotatable bonds is 6. The summed E-state index contributed by atoms with van der Waals surface area (Å²) >= 11 is 1.22. The Morgan fingerprint density at radius 3 is 2.67 bits per heavy atom. The molecule has 1 fully saturated rings. The number of thiophene rings is 1. The summed E-state index contributed by atoms with van der Waals surface area (Å²) in [7, 11) is -3.50. The summed E-state index contributed by atoms with van der Waals surface area (Å²) in [5, 5.41) is 4.88. The van der Waals surface area contributed by atoms with Crippen molar-refractivity contribution in [3.63, 3.8) is 0 Å². The van der Waals surface area contributed by atoms with Gasteiger partial charge in [-0.25, -0.2) is 8.42 Å². The molecule has 2 aromatic rings. The summed E-state index contributed by atoms with van der Waals surface area (Å²) < 4.78 is 27.3. The first kappa shape index (κ1) is 20.0. The number of amides is 1. The van der Waals surface area contributed by atoms with Crippen LogP contribution in [0.25, 0.3) is 0 Å². The molecular formula is C20H26N2O3S2. The molecule has 0 bridgehead atoms. The molecule has 3 rings (SSSR count). The molecule has 2 atom stereocenters. The van der Waals surface area contributed by atoms with E-state index in [0.717, 1.165) is 12.0 Å². The second kappa shape index (κ2) is 8.54. The summed E-state index contributed by atoms with van der Waals surface area (Å²) in [6.45, 7) is 4.79. The third-order valence-corrected chi connectivity index (χ3v) is 8.29. The highest BCUT2D eigenvalue weighted by Crippen LogP contribution is 2.27. The standard InChI is InChI=1S/C20H26N2O3S2/c1-3-18(16-10-8-15(2)9-11-16)21-20(23)17-6-4-12-22(14-17)27(24,25)19-7-5-13-26-19/h5,7-11,13,17-18H,3-4,6,12,14H2,1-2H3,(H,21,23). The van der Waals surface area contributed by atoms with E-state index in [2.05, 4.69) is 5.32 Å². The van der Waals surface area contributed by atoms with Gasteiger partial charge >= 0.3 is 0 Å². The number of carbonyl (C=O) groups excluding carboxylic acids is 1. The fourth-order valence-corrected chi connectivity index (χ4v) is 6.09. The van der Waals surface area contributed by atoms with E-state index in [9.17, 15) is 13.2 Å². The van der Waals surface area contributed by atoms with E-state index in [1.54, 1.807) is 17.5 Å². The van der Waals surface area contributed by atoms with Crippen molar-refractivity contribution in [3.05, 3.63) is 52.9 Å². The molecule has 1 saturated heterocycles. The van der Waals surface area contributed by atoms with Crippen LogP contribution < -0.4 is 5.32 Å². The average molecular weight is 407 g/mol. The minimum Gasteiger partial charge on any atom is -0.349 e. The summed E-state index contributed by atoms with van der Waals surface area (Å²) in [5.41, 5.74) is 2.26. The van der Waals surface area contributed by atoms with Gasteiger partial charge in [-0.05, 0) is 43.2 Å². The van der Waals surface area contributed by atoms with Gasteiger partial charge in [0, 0.05) is 13.1 Å². The maximum absolute atomic E-state index is 12.8. The van der Waals surface area contributed by atoms with E-state index < -0.39 is 10.0 Å². The normalized spacial score (nSPS) is 19.6. The van der Waals surface area contributed by atoms with Gasteiger partial charge in [-0.3, -0.25) is 4.79 Å². The monoisotopic (exact) mass is 406 g/mol. The zero-order chi connectivity index (χ0) is 19.4. The number of nitrogens with one attached hydrogen (secondary N) is 1. The lowest BCUT2D eigenvalue weighted by molar-refractivity contribution is -0.126. The van der Waals surface area contributed by atoms with Crippen LogP contribution in [-0.2, 0) is 14.8 Å². The molecular weight excluding hydrogens is 380 g/mol. The molecule has 0 radical (unpaired) electrons. The summed E-state index contributed by atoms with van der Waals surface area (Å²) in [5.74, 6) is -0.374. The van der Waals surface area contributed by atoms with Crippen LogP contribution in [0.4, 0.5) is 0 Å². The highest BCUT2D eigenvalue weighted by Gasteiger charge is 2.34. The first-order valence-corrected chi connectivity index (χ1v) is 11.6. The lowest BCUT2D eigenvalue weighted by atomic mass is 9.97. The number of nitrogens with zero attached hydrogens (tertiary/aromatic N) is 1. The molecule has 5 nitrogen and oxygen atoms in total. The second-order valence-electron chi connectivity index (χ2n) is 7.01. The van der Waals surface area contributed by atoms with Gasteiger partial charge in [0.1, 0.15) is 4.21 Å². The van der Waals surface area contributed by atoms with E-state index in [4.69, 9.17) is 0 Å². The van der Waals surface area contributed by atoms with Crippen LogP contribution in [0, 0.1) is 12.8 Å². The van der Waals surface area contributed by atoms with Crippen LogP contribution in [0.15, 0.2) is 46.0 Å². The molecule has 1 aliphatic heterocycles. The summed E-state index contributed by atoms with van der Waals surface area (Å²) in [4.78, 5) is 12.8. The molecule has 1 aliphatic rings. The number of carbonyl (C=O) groups is 1. The molecule has 0 saturated carbocycles. The fraction of sp³-hybridized carbons (Fsp3) is 0.450. The Labute approximate surface area is 165 Å². The Bertz CT molecular complexity index is 861. The third kappa shape index (κ3) is 4.59. The van der Waals surface area contributed by atoms with Gasteiger partial charge in [-0.15, -0.1) is 11.3 Å². The quantitative estimate of drug-likeness (QED) is 0.795. The van der Waals surface area contributed by atoms with Gasteiger partial charge < -0.3 is 5.32 Å². The minimum atomic E-state index is -3.50. The Balaban J connectivity index is 1.68. The average Bonchev–Trinajstić information content (AvgIpc) is 3.22. The number of hydrogen-bond acceptors (Lipinski definition) is 4. The molecule has 0 aliphatic carbocycles. The van der Waals surface area contributed by atoms with Gasteiger partial charge in [0.2, 0.25) is 5.91 Å². The van der Waals surface area contributed by atoms with E-state index in [1.807, 2.05) is 38.1 Å². The van der Waals surface area contributed by atoms with E-state index in [-0.39, 0.29) is 24.4 Å². The molecule has 7 heteroatoms. The van der Waals surface area contributed by atoms with Gasteiger partial charge in [0.15, 0.2) is 0 Å². The van der Waals surface area contributed by atoms with Gasteiger partial charge in [0.05, 0.1) is 12.0 Å². The summed E-state index contributed by atoms with van der Waals surface area (Å²) in [6.07, 6.45) is 2.20. The van der Waals surface area contributed by atoms with Crippen molar-refractivity contribution in [2.45, 2.75) is 43.4 Å². The van der Waals surface area contributed by atoms with Crippen LogP contribution in [0.5, 0.6) is 0 Å². The predicted octanol–water partition coefficient (Wildman–Crippen LogP) is 3.72. The van der Waals surface area contributed by atoms with E-state index >= 15 is 0 Å². The van der Waals surface area contributed by atoms with Gasteiger partial charge in [-0.2, -0.15) is 4.31 Å². The Morgan fingerprint density at radius 1 is 1.30 bits per heavy atom. The topological polar surface area (TPSA) is 66.5 Å². The third-order valence-electron chi connectivity index (χ3n) is 5.05. The van der Waals surface area contributed by atoms with Crippen molar-refractivity contribution in [2.75, 3.05) is 13.1 Å². The van der Waals surface area contributed by atoms with E-state index in [1.165, 1.54) is 21.2 Å². The first-order chi connectivity index (χ1) is 12.9. The van der Waals surface area contributed by atoms with Crippen LogP contribution in [0.1, 0.15) is 43.4 Å². The molecule has 1 N–H and O–H groups in total. The molecule has 2 heterocycles. The largest absolute Gasteiger partial charge is 0.349 e. The SMILES string of the molecule is CCC(NC(=O)C1CCCN(S(=O)(=O)c2cccs2)C1)c1ccc(C)cc1. The Hall–Kier alpha value is -1.70. The van der Waals surface area contributed by atoms with Gasteiger partial charge in [-0.1, -0.05) is 42.8 Å². The van der Waals surface area contributed by atoms with Crippen molar-refractivity contribution in [2.24, 2.45) is 5.92 Å². The molecule has 1 amide bonds. The maximum Gasteiger partial charge on any atom is 0.252 e. The maximum atomic E-state index is 12.8. The Kier molecular flexibility index (Phi) is 6.34. The lowest BCUT2D eigenvalue weighted by Crippen LogP contribution is -2.45. The van der Waals surface area contributed by atoms with Crippen molar-refractivity contribution >= 4 is 27.3 Å². The number of hydrogen-bond donors (Lipinski definition) is 1. The first-order valence-electron chi connectivity index (χ1n) is 9.32. The van der Waals surface area contributed by atoms with Crippen molar-refractivity contribution in [3.8, 4) is 0 Å². The smallest absolute Gasteiger partial charge is 0.252 e. The molecule has 1 aromatic carbocycles.